The highest BCUT2D eigenvalue weighted by Gasteiger charge is 2.14. The fraction of sp³-hybridized carbons (Fsp3) is 0.250. The van der Waals surface area contributed by atoms with Crippen LogP contribution in [0.1, 0.15) is 12.8 Å². The second kappa shape index (κ2) is 6.49. The third kappa shape index (κ3) is 3.05. The zero-order valence-electron chi connectivity index (χ0n) is 13.5. The van der Waals surface area contributed by atoms with Crippen LogP contribution in [0.2, 0.25) is 0 Å². The molecule has 0 radical (unpaired) electrons. The maximum absolute atomic E-state index is 6.01. The first-order valence-electron chi connectivity index (χ1n) is 8.39. The molecule has 1 aliphatic heterocycles. The molecule has 4 rings (SSSR count). The van der Waals surface area contributed by atoms with Gasteiger partial charge in [0.1, 0.15) is 12.4 Å². The fourth-order valence-corrected chi connectivity index (χ4v) is 3.22. The van der Waals surface area contributed by atoms with Gasteiger partial charge in [0.25, 0.3) is 0 Å². The van der Waals surface area contributed by atoms with E-state index in [0.29, 0.717) is 12.6 Å². The van der Waals surface area contributed by atoms with Crippen molar-refractivity contribution >= 4 is 16.5 Å². The number of nitrogens with one attached hydrogen (secondary N) is 1. The highest BCUT2D eigenvalue weighted by molar-refractivity contribution is 5.96. The maximum Gasteiger partial charge on any atom is 0.120 e. The number of anilines is 1. The van der Waals surface area contributed by atoms with Gasteiger partial charge in [-0.1, -0.05) is 12.1 Å². The highest BCUT2D eigenvalue weighted by atomic mass is 16.5. The summed E-state index contributed by atoms with van der Waals surface area (Å²) in [5.74, 6) is 0.902. The molecule has 0 amide bonds. The molecule has 0 spiro atoms. The van der Waals surface area contributed by atoms with Crippen LogP contribution in [-0.4, -0.2) is 24.2 Å². The second-order valence-electron chi connectivity index (χ2n) is 6.30. The largest absolute Gasteiger partial charge is 0.492 e. The van der Waals surface area contributed by atoms with Crippen molar-refractivity contribution in [3.63, 3.8) is 0 Å². The van der Waals surface area contributed by atoms with Crippen molar-refractivity contribution in [1.82, 2.24) is 10.3 Å². The number of fused-ring (bicyclic) bond motifs is 1. The predicted octanol–water partition coefficient (Wildman–Crippen LogP) is 3.61. The van der Waals surface area contributed by atoms with Crippen LogP contribution in [0.4, 0.5) is 5.69 Å². The number of nitrogen functional groups attached to an aromatic ring is 1. The summed E-state index contributed by atoms with van der Waals surface area (Å²) in [6, 6.07) is 14.6. The van der Waals surface area contributed by atoms with E-state index in [1.165, 1.54) is 12.8 Å². The molecule has 3 aromatic rings. The lowest BCUT2D eigenvalue weighted by molar-refractivity contribution is 0.277. The first-order valence-corrected chi connectivity index (χ1v) is 8.39. The summed E-state index contributed by atoms with van der Waals surface area (Å²) in [4.78, 5) is 4.37. The Hall–Kier alpha value is -2.59. The monoisotopic (exact) mass is 319 g/mol. The van der Waals surface area contributed by atoms with Crippen LogP contribution in [0.15, 0.2) is 54.9 Å². The molecule has 1 fully saturated rings. The average molecular weight is 319 g/mol. The number of nitrogens with zero attached hydrogens (tertiary/aromatic N) is 1. The summed E-state index contributed by atoms with van der Waals surface area (Å²) in [5.41, 5.74) is 8.77. The smallest absolute Gasteiger partial charge is 0.120 e. The lowest BCUT2D eigenvalue weighted by Gasteiger charge is -2.13. The molecule has 0 bridgehead atoms. The number of ether oxygens (including phenoxy) is 1. The summed E-state index contributed by atoms with van der Waals surface area (Å²) in [6.45, 7) is 1.81. The van der Waals surface area contributed by atoms with E-state index in [9.17, 15) is 0 Å². The van der Waals surface area contributed by atoms with Crippen LogP contribution in [0.5, 0.6) is 5.75 Å². The summed E-state index contributed by atoms with van der Waals surface area (Å²) < 4.78 is 6.01. The van der Waals surface area contributed by atoms with Crippen LogP contribution >= 0.6 is 0 Å². The molecule has 1 aliphatic rings. The quantitative estimate of drug-likeness (QED) is 0.721. The minimum Gasteiger partial charge on any atom is -0.492 e. The summed E-state index contributed by atoms with van der Waals surface area (Å²) >= 11 is 0. The van der Waals surface area contributed by atoms with E-state index in [1.54, 1.807) is 0 Å². The lowest BCUT2D eigenvalue weighted by atomic mass is 10.0. The number of pyridine rings is 1. The van der Waals surface area contributed by atoms with Crippen molar-refractivity contribution in [1.29, 1.82) is 0 Å². The number of nitrogens with two attached hydrogens (primary N) is 1. The van der Waals surface area contributed by atoms with Gasteiger partial charge in [-0.3, -0.25) is 4.98 Å². The van der Waals surface area contributed by atoms with Gasteiger partial charge in [0.2, 0.25) is 0 Å². The Balaban J connectivity index is 1.66. The molecule has 1 saturated heterocycles. The Bertz CT molecular complexity index is 839. The van der Waals surface area contributed by atoms with E-state index >= 15 is 0 Å². The molecule has 4 nitrogen and oxygen atoms in total. The molecule has 0 unspecified atom stereocenters. The van der Waals surface area contributed by atoms with Crippen LogP contribution in [0, 0.1) is 0 Å². The minimum atomic E-state index is 0.467. The number of benzene rings is 2. The van der Waals surface area contributed by atoms with Crippen molar-refractivity contribution in [2.45, 2.75) is 18.9 Å². The Morgan fingerprint density at radius 2 is 2.00 bits per heavy atom. The molecular weight excluding hydrogens is 298 g/mol. The highest BCUT2D eigenvalue weighted by Crippen LogP contribution is 2.31. The SMILES string of the molecule is Nc1ccc(-c2cncc3ccc(OC[C@@H]4CCCN4)cc23)cc1. The van der Waals surface area contributed by atoms with E-state index < -0.39 is 0 Å². The van der Waals surface area contributed by atoms with Gasteiger partial charge in [-0.05, 0) is 60.7 Å². The van der Waals surface area contributed by atoms with Crippen LogP contribution < -0.4 is 15.8 Å². The van der Waals surface area contributed by atoms with E-state index in [1.807, 2.05) is 42.7 Å². The molecule has 0 saturated carbocycles. The topological polar surface area (TPSA) is 60.2 Å². The Labute approximate surface area is 141 Å². The first-order chi connectivity index (χ1) is 11.8. The van der Waals surface area contributed by atoms with Crippen molar-refractivity contribution in [3.8, 4) is 16.9 Å². The van der Waals surface area contributed by atoms with Crippen molar-refractivity contribution in [2.75, 3.05) is 18.9 Å². The summed E-state index contributed by atoms with van der Waals surface area (Å²) in [7, 11) is 0. The Kier molecular flexibility index (Phi) is 4.05. The van der Waals surface area contributed by atoms with Gasteiger partial charge < -0.3 is 15.8 Å². The van der Waals surface area contributed by atoms with Gasteiger partial charge >= 0.3 is 0 Å². The number of rotatable bonds is 4. The summed E-state index contributed by atoms with van der Waals surface area (Å²) in [6.07, 6.45) is 6.21. The van der Waals surface area contributed by atoms with Crippen molar-refractivity contribution in [2.24, 2.45) is 0 Å². The molecule has 0 aliphatic carbocycles. The number of hydrogen-bond acceptors (Lipinski definition) is 4. The lowest BCUT2D eigenvalue weighted by Crippen LogP contribution is -2.28. The molecule has 2 aromatic carbocycles. The summed E-state index contributed by atoms with van der Waals surface area (Å²) in [5, 5.41) is 5.71. The molecule has 122 valence electrons. The van der Waals surface area contributed by atoms with Gasteiger partial charge in [0.05, 0.1) is 0 Å². The van der Waals surface area contributed by atoms with Crippen molar-refractivity contribution < 1.29 is 4.74 Å². The third-order valence-electron chi connectivity index (χ3n) is 4.57. The van der Waals surface area contributed by atoms with Gasteiger partial charge in [0, 0.05) is 35.1 Å². The van der Waals surface area contributed by atoms with Gasteiger partial charge in [-0.25, -0.2) is 0 Å². The van der Waals surface area contributed by atoms with E-state index in [-0.39, 0.29) is 0 Å². The number of hydrogen-bond donors (Lipinski definition) is 2. The van der Waals surface area contributed by atoms with Crippen LogP contribution in [-0.2, 0) is 0 Å². The molecule has 4 heteroatoms. The van der Waals surface area contributed by atoms with E-state index in [0.717, 1.165) is 39.9 Å². The van der Waals surface area contributed by atoms with Gasteiger partial charge in [-0.15, -0.1) is 0 Å². The third-order valence-corrected chi connectivity index (χ3v) is 4.57. The zero-order chi connectivity index (χ0) is 16.4. The average Bonchev–Trinajstić information content (AvgIpc) is 3.14. The number of aromatic nitrogens is 1. The molecular formula is C20H21N3O. The van der Waals surface area contributed by atoms with Crippen LogP contribution in [0.25, 0.3) is 21.9 Å². The molecule has 1 aromatic heterocycles. The molecule has 24 heavy (non-hydrogen) atoms. The second-order valence-corrected chi connectivity index (χ2v) is 6.30. The maximum atomic E-state index is 6.01. The molecule has 1 atom stereocenters. The van der Waals surface area contributed by atoms with E-state index in [2.05, 4.69) is 22.4 Å². The van der Waals surface area contributed by atoms with Gasteiger partial charge in [-0.2, -0.15) is 0 Å². The first kappa shape index (κ1) is 15.0. The molecule has 2 heterocycles. The standard InChI is InChI=1S/C20H21N3O/c21-16-6-3-14(4-7-16)20-12-22-11-15-5-8-18(10-19(15)20)24-13-17-2-1-9-23-17/h3-8,10-12,17,23H,1-2,9,13,21H2/t17-/m0/s1. The zero-order valence-corrected chi connectivity index (χ0v) is 13.5. The van der Waals surface area contributed by atoms with Gasteiger partial charge in [0.15, 0.2) is 0 Å². The van der Waals surface area contributed by atoms with Crippen LogP contribution in [0.3, 0.4) is 0 Å². The normalized spacial score (nSPS) is 17.2. The molecule has 3 N–H and O–H groups in total. The van der Waals surface area contributed by atoms with E-state index in [4.69, 9.17) is 10.5 Å². The predicted molar refractivity (Wildman–Crippen MR) is 98.1 cm³/mol. The Morgan fingerprint density at radius 3 is 2.79 bits per heavy atom. The van der Waals surface area contributed by atoms with Crippen molar-refractivity contribution in [3.05, 3.63) is 54.9 Å². The minimum absolute atomic E-state index is 0.467. The Morgan fingerprint density at radius 1 is 1.12 bits per heavy atom. The fourth-order valence-electron chi connectivity index (χ4n) is 3.22.